The van der Waals surface area contributed by atoms with Gasteiger partial charge in [-0.2, -0.15) is 0 Å². The highest BCUT2D eigenvalue weighted by atomic mass is 16.5. The molecule has 2 amide bonds. The molecule has 1 aromatic heterocycles. The molecule has 6 nitrogen and oxygen atoms in total. The number of aromatic nitrogens is 1. The van der Waals surface area contributed by atoms with E-state index in [0.717, 1.165) is 16.7 Å². The van der Waals surface area contributed by atoms with Crippen LogP contribution in [0.1, 0.15) is 16.1 Å². The van der Waals surface area contributed by atoms with Crippen molar-refractivity contribution in [3.8, 4) is 11.1 Å². The lowest BCUT2D eigenvalue weighted by atomic mass is 9.87. The van der Waals surface area contributed by atoms with E-state index in [1.165, 1.54) is 0 Å². The minimum atomic E-state index is -1.17. The number of hydrogen-bond donors (Lipinski definition) is 0. The second-order valence-corrected chi connectivity index (χ2v) is 8.18. The van der Waals surface area contributed by atoms with E-state index in [2.05, 4.69) is 23.2 Å². The molecule has 4 rings (SSSR count). The fourth-order valence-corrected chi connectivity index (χ4v) is 4.21. The Morgan fingerprint density at radius 1 is 1.00 bits per heavy atom. The zero-order chi connectivity index (χ0) is 22.6. The highest BCUT2D eigenvalue weighted by Gasteiger charge is 2.46. The Bertz CT molecular complexity index is 1090. The first-order valence-corrected chi connectivity index (χ1v) is 10.7. The van der Waals surface area contributed by atoms with E-state index >= 15 is 0 Å². The first-order valence-electron chi connectivity index (χ1n) is 10.7. The van der Waals surface area contributed by atoms with Crippen molar-refractivity contribution in [2.75, 3.05) is 33.8 Å². The standard InChI is InChI=1S/C26H27N3O3/c1-28(2)25(31)26(18-21-12-6-7-13-22(21)20-10-4-3-5-11-20)19-29(16-17-32-26)24(30)23-14-8-9-15-27-23/h3-15H,16-19H2,1-2H3/t26-/m1/s1. The number of amides is 2. The number of rotatable bonds is 5. The van der Waals surface area contributed by atoms with E-state index in [0.29, 0.717) is 18.7 Å². The predicted octanol–water partition coefficient (Wildman–Crippen LogP) is 3.29. The molecule has 1 fully saturated rings. The van der Waals surface area contributed by atoms with Gasteiger partial charge in [-0.15, -0.1) is 0 Å². The number of carbonyl (C=O) groups is 2. The Kier molecular flexibility index (Phi) is 6.32. The van der Waals surface area contributed by atoms with Crippen LogP contribution in [0.15, 0.2) is 79.0 Å². The van der Waals surface area contributed by atoms with Gasteiger partial charge in [-0.1, -0.05) is 60.7 Å². The molecule has 32 heavy (non-hydrogen) atoms. The summed E-state index contributed by atoms with van der Waals surface area (Å²) in [6.07, 6.45) is 1.96. The Morgan fingerprint density at radius 2 is 1.72 bits per heavy atom. The number of ether oxygens (including phenoxy) is 1. The minimum Gasteiger partial charge on any atom is -0.361 e. The molecule has 2 heterocycles. The third kappa shape index (κ3) is 4.41. The molecule has 3 aromatic rings. The number of pyridine rings is 1. The van der Waals surface area contributed by atoms with Gasteiger partial charge >= 0.3 is 0 Å². The minimum absolute atomic E-state index is 0.154. The number of carbonyl (C=O) groups excluding carboxylic acids is 2. The Balaban J connectivity index is 1.70. The third-order valence-corrected chi connectivity index (χ3v) is 5.73. The van der Waals surface area contributed by atoms with Crippen molar-refractivity contribution in [2.24, 2.45) is 0 Å². The summed E-state index contributed by atoms with van der Waals surface area (Å²) in [4.78, 5) is 33.9. The van der Waals surface area contributed by atoms with E-state index in [-0.39, 0.29) is 25.0 Å². The molecule has 6 heteroatoms. The molecule has 1 aliphatic heterocycles. The fraction of sp³-hybridized carbons (Fsp3) is 0.269. The van der Waals surface area contributed by atoms with E-state index in [9.17, 15) is 9.59 Å². The SMILES string of the molecule is CN(C)C(=O)[C@@]1(Cc2ccccc2-c2ccccc2)CN(C(=O)c2ccccn2)CCO1. The maximum atomic E-state index is 13.4. The van der Waals surface area contributed by atoms with Crippen LogP contribution in [-0.4, -0.2) is 66.0 Å². The number of benzene rings is 2. The maximum absolute atomic E-state index is 13.4. The molecule has 164 valence electrons. The van der Waals surface area contributed by atoms with Gasteiger partial charge in [-0.3, -0.25) is 14.6 Å². The molecule has 0 aliphatic carbocycles. The molecule has 0 N–H and O–H groups in total. The predicted molar refractivity (Wildman–Crippen MR) is 123 cm³/mol. The summed E-state index contributed by atoms with van der Waals surface area (Å²) in [6.45, 7) is 0.867. The van der Waals surface area contributed by atoms with Crippen LogP contribution >= 0.6 is 0 Å². The zero-order valence-corrected chi connectivity index (χ0v) is 18.4. The maximum Gasteiger partial charge on any atom is 0.272 e. The Labute approximate surface area is 188 Å². The monoisotopic (exact) mass is 429 g/mol. The van der Waals surface area contributed by atoms with Crippen LogP contribution in [0.4, 0.5) is 0 Å². The quantitative estimate of drug-likeness (QED) is 0.624. The van der Waals surface area contributed by atoms with Crippen LogP contribution in [0.3, 0.4) is 0 Å². The molecule has 0 unspecified atom stereocenters. The lowest BCUT2D eigenvalue weighted by Crippen LogP contribution is -2.61. The fourth-order valence-electron chi connectivity index (χ4n) is 4.21. The van der Waals surface area contributed by atoms with Crippen LogP contribution in [-0.2, 0) is 16.0 Å². The zero-order valence-electron chi connectivity index (χ0n) is 18.4. The van der Waals surface area contributed by atoms with Crippen LogP contribution in [0.25, 0.3) is 11.1 Å². The average molecular weight is 430 g/mol. The number of hydrogen-bond acceptors (Lipinski definition) is 4. The molecular formula is C26H27N3O3. The molecule has 0 bridgehead atoms. The van der Waals surface area contributed by atoms with E-state index in [4.69, 9.17) is 4.74 Å². The molecule has 0 spiro atoms. The van der Waals surface area contributed by atoms with Gasteiger partial charge < -0.3 is 14.5 Å². The van der Waals surface area contributed by atoms with Crippen molar-refractivity contribution >= 4 is 11.8 Å². The van der Waals surface area contributed by atoms with Gasteiger partial charge in [0.25, 0.3) is 11.8 Å². The molecule has 0 radical (unpaired) electrons. The van der Waals surface area contributed by atoms with Crippen molar-refractivity contribution in [2.45, 2.75) is 12.0 Å². The van der Waals surface area contributed by atoms with Crippen molar-refractivity contribution < 1.29 is 14.3 Å². The van der Waals surface area contributed by atoms with Crippen molar-refractivity contribution in [1.82, 2.24) is 14.8 Å². The summed E-state index contributed by atoms with van der Waals surface area (Å²) in [5.74, 6) is -0.347. The number of likely N-dealkylation sites (N-methyl/N-ethyl adjacent to an activating group) is 1. The molecule has 1 atom stereocenters. The van der Waals surface area contributed by atoms with Gasteiger partial charge in [0.1, 0.15) is 5.69 Å². The lowest BCUT2D eigenvalue weighted by Gasteiger charge is -2.43. The molecule has 0 saturated carbocycles. The summed E-state index contributed by atoms with van der Waals surface area (Å²) in [5, 5.41) is 0. The van der Waals surface area contributed by atoms with Gasteiger partial charge in [-0.25, -0.2) is 0 Å². The first kappa shape index (κ1) is 21.7. The molecular weight excluding hydrogens is 402 g/mol. The van der Waals surface area contributed by atoms with Crippen LogP contribution in [0, 0.1) is 0 Å². The smallest absolute Gasteiger partial charge is 0.272 e. The van der Waals surface area contributed by atoms with Gasteiger partial charge in [0.15, 0.2) is 5.60 Å². The van der Waals surface area contributed by atoms with Gasteiger partial charge in [-0.05, 0) is 28.8 Å². The van der Waals surface area contributed by atoms with E-state index in [1.54, 1.807) is 48.3 Å². The second-order valence-electron chi connectivity index (χ2n) is 8.18. The first-order chi connectivity index (χ1) is 15.5. The Hall–Kier alpha value is -3.51. The molecule has 1 aliphatic rings. The largest absolute Gasteiger partial charge is 0.361 e. The van der Waals surface area contributed by atoms with E-state index < -0.39 is 5.60 Å². The summed E-state index contributed by atoms with van der Waals surface area (Å²) in [6, 6.07) is 23.4. The van der Waals surface area contributed by atoms with Crippen LogP contribution in [0.2, 0.25) is 0 Å². The summed E-state index contributed by atoms with van der Waals surface area (Å²) >= 11 is 0. The van der Waals surface area contributed by atoms with Crippen molar-refractivity contribution in [3.63, 3.8) is 0 Å². The van der Waals surface area contributed by atoms with Crippen molar-refractivity contribution in [3.05, 3.63) is 90.3 Å². The summed E-state index contributed by atoms with van der Waals surface area (Å²) < 4.78 is 6.19. The second kappa shape index (κ2) is 9.32. The van der Waals surface area contributed by atoms with Crippen LogP contribution in [0.5, 0.6) is 0 Å². The third-order valence-electron chi connectivity index (χ3n) is 5.73. The average Bonchev–Trinajstić information content (AvgIpc) is 2.84. The van der Waals surface area contributed by atoms with Crippen molar-refractivity contribution in [1.29, 1.82) is 0 Å². The van der Waals surface area contributed by atoms with Gasteiger partial charge in [0.2, 0.25) is 0 Å². The van der Waals surface area contributed by atoms with E-state index in [1.807, 2.05) is 36.4 Å². The summed E-state index contributed by atoms with van der Waals surface area (Å²) in [5.41, 5.74) is 2.33. The highest BCUT2D eigenvalue weighted by molar-refractivity contribution is 5.94. The lowest BCUT2D eigenvalue weighted by molar-refractivity contribution is -0.165. The van der Waals surface area contributed by atoms with Gasteiger partial charge in [0.05, 0.1) is 13.2 Å². The van der Waals surface area contributed by atoms with Gasteiger partial charge in [0, 0.05) is 33.3 Å². The Morgan fingerprint density at radius 3 is 2.44 bits per heavy atom. The summed E-state index contributed by atoms with van der Waals surface area (Å²) in [7, 11) is 3.44. The highest BCUT2D eigenvalue weighted by Crippen LogP contribution is 2.31. The molecule has 2 aromatic carbocycles. The molecule has 1 saturated heterocycles. The topological polar surface area (TPSA) is 62.7 Å². The van der Waals surface area contributed by atoms with Crippen LogP contribution < -0.4 is 0 Å². The number of morpholine rings is 1. The number of nitrogens with zero attached hydrogens (tertiary/aromatic N) is 3. The normalized spacial score (nSPS) is 18.2.